The Morgan fingerprint density at radius 2 is 1.81 bits per heavy atom. The summed E-state index contributed by atoms with van der Waals surface area (Å²) in [6.07, 6.45) is -1.81. The van der Waals surface area contributed by atoms with Crippen molar-refractivity contribution in [3.8, 4) is 5.69 Å². The van der Waals surface area contributed by atoms with Gasteiger partial charge in [0.05, 0.1) is 24.7 Å². The Balaban J connectivity index is 1.84. The van der Waals surface area contributed by atoms with Crippen LogP contribution in [0, 0.1) is 0 Å². The normalized spacial score (nSPS) is 25.8. The highest BCUT2D eigenvalue weighted by Crippen LogP contribution is 2.30. The lowest BCUT2D eigenvalue weighted by atomic mass is 10.1. The Bertz CT molecular complexity index is 1000. The predicted octanol–water partition coefficient (Wildman–Crippen LogP) is -0.153. The zero-order chi connectivity index (χ0) is 18.4. The molecule has 1 fully saturated rings. The monoisotopic (exact) mass is 378 g/mol. The van der Waals surface area contributed by atoms with E-state index in [2.05, 4.69) is 10.2 Å². The van der Waals surface area contributed by atoms with Crippen LogP contribution >= 0.6 is 11.6 Å². The minimum absolute atomic E-state index is 0.157. The fourth-order valence-corrected chi connectivity index (χ4v) is 3.13. The molecule has 0 unspecified atom stereocenters. The summed E-state index contributed by atoms with van der Waals surface area (Å²) in [7, 11) is 0. The largest absolute Gasteiger partial charge is 0.394 e. The molecule has 4 atom stereocenters. The Hall–Kier alpha value is -2.30. The van der Waals surface area contributed by atoms with E-state index >= 15 is 0 Å². The summed E-state index contributed by atoms with van der Waals surface area (Å²) in [5.41, 5.74) is 0.194. The molecular formula is C16H15ClN4O5. The molecular weight excluding hydrogens is 364 g/mol. The average molecular weight is 379 g/mol. The lowest BCUT2D eigenvalue weighted by molar-refractivity contribution is -0.0565. The third-order valence-electron chi connectivity index (χ3n) is 4.36. The summed E-state index contributed by atoms with van der Waals surface area (Å²) in [5.74, 6) is 0. The second-order valence-corrected chi connectivity index (χ2v) is 6.40. The maximum Gasteiger partial charge on any atom is 0.297 e. The zero-order valence-corrected chi connectivity index (χ0v) is 14.1. The van der Waals surface area contributed by atoms with Crippen molar-refractivity contribution in [1.82, 2.24) is 19.6 Å². The van der Waals surface area contributed by atoms with Crippen molar-refractivity contribution < 1.29 is 20.1 Å². The standard InChI is InChI=1S/C16H15ClN4O5/c17-9-1-3-10(4-2-9)20-15(25)12-8(5-18-20)6-19-21(12)16-14(24)13(23)11(7-22)26-16/h1-6,11,13-14,16,22-24H,7H2/t11-,13-,14-,16-/m1/s1. The number of nitrogens with zero attached hydrogens (tertiary/aromatic N) is 4. The second-order valence-electron chi connectivity index (χ2n) is 5.96. The highest BCUT2D eigenvalue weighted by atomic mass is 35.5. The predicted molar refractivity (Wildman–Crippen MR) is 91.1 cm³/mol. The van der Waals surface area contributed by atoms with Gasteiger partial charge in [0.15, 0.2) is 6.23 Å². The molecule has 0 spiro atoms. The summed E-state index contributed by atoms with van der Waals surface area (Å²) in [6.45, 7) is -0.468. The number of halogens is 1. The molecule has 0 amide bonds. The Morgan fingerprint density at radius 3 is 2.46 bits per heavy atom. The Labute approximate surface area is 151 Å². The van der Waals surface area contributed by atoms with Crippen molar-refractivity contribution in [3.05, 3.63) is 52.0 Å². The van der Waals surface area contributed by atoms with Crippen molar-refractivity contribution in [2.24, 2.45) is 0 Å². The number of ether oxygens (including phenoxy) is 1. The van der Waals surface area contributed by atoms with Crippen molar-refractivity contribution >= 4 is 22.5 Å². The number of fused-ring (bicyclic) bond motifs is 1. The van der Waals surface area contributed by atoms with Crippen LogP contribution in [0.3, 0.4) is 0 Å². The van der Waals surface area contributed by atoms with E-state index in [4.69, 9.17) is 16.3 Å². The van der Waals surface area contributed by atoms with E-state index in [0.29, 0.717) is 16.1 Å². The van der Waals surface area contributed by atoms with Crippen LogP contribution < -0.4 is 5.56 Å². The summed E-state index contributed by atoms with van der Waals surface area (Å²) in [6, 6.07) is 6.57. The van der Waals surface area contributed by atoms with Crippen molar-refractivity contribution in [2.45, 2.75) is 24.5 Å². The third kappa shape index (κ3) is 2.61. The van der Waals surface area contributed by atoms with Gasteiger partial charge in [0, 0.05) is 10.4 Å². The van der Waals surface area contributed by atoms with Gasteiger partial charge in [-0.15, -0.1) is 0 Å². The molecule has 136 valence electrons. The van der Waals surface area contributed by atoms with E-state index in [1.54, 1.807) is 24.3 Å². The lowest BCUT2D eigenvalue weighted by Gasteiger charge is -2.16. The molecule has 0 bridgehead atoms. The van der Waals surface area contributed by atoms with Crippen molar-refractivity contribution in [1.29, 1.82) is 0 Å². The molecule has 0 aliphatic carbocycles. The number of rotatable bonds is 3. The van der Waals surface area contributed by atoms with E-state index < -0.39 is 36.7 Å². The van der Waals surface area contributed by atoms with Crippen LogP contribution in [-0.4, -0.2) is 59.8 Å². The van der Waals surface area contributed by atoms with Crippen LogP contribution in [0.25, 0.3) is 16.6 Å². The van der Waals surface area contributed by atoms with E-state index in [-0.39, 0.29) is 5.52 Å². The van der Waals surface area contributed by atoms with Gasteiger partial charge in [0.25, 0.3) is 5.56 Å². The topological polar surface area (TPSA) is 123 Å². The van der Waals surface area contributed by atoms with Crippen LogP contribution in [0.2, 0.25) is 5.02 Å². The minimum Gasteiger partial charge on any atom is -0.394 e. The van der Waals surface area contributed by atoms with E-state index in [1.165, 1.54) is 21.8 Å². The van der Waals surface area contributed by atoms with Gasteiger partial charge in [0.1, 0.15) is 23.8 Å². The number of benzene rings is 1. The first-order chi connectivity index (χ1) is 12.5. The minimum atomic E-state index is -1.34. The Morgan fingerprint density at radius 1 is 1.12 bits per heavy atom. The van der Waals surface area contributed by atoms with Crippen LogP contribution in [0.1, 0.15) is 6.23 Å². The molecule has 10 heteroatoms. The van der Waals surface area contributed by atoms with Crippen LogP contribution in [-0.2, 0) is 4.74 Å². The van der Waals surface area contributed by atoms with Gasteiger partial charge in [-0.25, -0.2) is 4.68 Å². The van der Waals surface area contributed by atoms with Crippen LogP contribution in [0.5, 0.6) is 0 Å². The number of hydrogen-bond acceptors (Lipinski definition) is 7. The highest BCUT2D eigenvalue weighted by molar-refractivity contribution is 6.30. The first-order valence-corrected chi connectivity index (χ1v) is 8.23. The van der Waals surface area contributed by atoms with Gasteiger partial charge in [-0.05, 0) is 24.3 Å². The smallest absolute Gasteiger partial charge is 0.297 e. The molecule has 0 radical (unpaired) electrons. The summed E-state index contributed by atoms with van der Waals surface area (Å²) in [4.78, 5) is 12.9. The highest BCUT2D eigenvalue weighted by Gasteiger charge is 2.44. The molecule has 3 heterocycles. The molecule has 3 N–H and O–H groups in total. The number of aromatic nitrogens is 4. The van der Waals surface area contributed by atoms with E-state index in [0.717, 1.165) is 0 Å². The molecule has 1 aliphatic rings. The molecule has 1 aromatic carbocycles. The first kappa shape index (κ1) is 17.1. The first-order valence-electron chi connectivity index (χ1n) is 7.85. The maximum absolute atomic E-state index is 12.9. The third-order valence-corrected chi connectivity index (χ3v) is 4.61. The van der Waals surface area contributed by atoms with Gasteiger partial charge in [-0.3, -0.25) is 4.79 Å². The molecule has 3 aromatic rings. The van der Waals surface area contributed by atoms with Gasteiger partial charge in [-0.1, -0.05) is 11.6 Å². The molecule has 26 heavy (non-hydrogen) atoms. The summed E-state index contributed by atoms with van der Waals surface area (Å²) in [5, 5.41) is 38.6. The number of aliphatic hydroxyl groups excluding tert-OH is 3. The van der Waals surface area contributed by atoms with Crippen molar-refractivity contribution in [3.63, 3.8) is 0 Å². The van der Waals surface area contributed by atoms with Gasteiger partial charge >= 0.3 is 0 Å². The van der Waals surface area contributed by atoms with Crippen LogP contribution in [0.4, 0.5) is 0 Å². The fourth-order valence-electron chi connectivity index (χ4n) is 3.01. The zero-order valence-electron chi connectivity index (χ0n) is 13.3. The molecule has 4 rings (SSSR count). The van der Waals surface area contributed by atoms with Gasteiger partial charge < -0.3 is 20.1 Å². The fraction of sp³-hybridized carbons (Fsp3) is 0.312. The summed E-state index contributed by atoms with van der Waals surface area (Å²) >= 11 is 5.87. The molecule has 2 aromatic heterocycles. The van der Waals surface area contributed by atoms with Crippen molar-refractivity contribution in [2.75, 3.05) is 6.61 Å². The number of aliphatic hydroxyl groups is 3. The number of hydrogen-bond donors (Lipinski definition) is 3. The molecule has 1 saturated heterocycles. The molecule has 1 aliphatic heterocycles. The molecule has 0 saturated carbocycles. The van der Waals surface area contributed by atoms with Crippen LogP contribution in [0.15, 0.2) is 41.5 Å². The quantitative estimate of drug-likeness (QED) is 0.579. The average Bonchev–Trinajstić information content (AvgIpc) is 3.19. The van der Waals surface area contributed by atoms with E-state index in [9.17, 15) is 20.1 Å². The summed E-state index contributed by atoms with van der Waals surface area (Å²) < 4.78 is 7.85. The Kier molecular flexibility index (Phi) is 4.25. The van der Waals surface area contributed by atoms with E-state index in [1.807, 2.05) is 0 Å². The SMILES string of the molecule is O=c1c2c(cnn1-c1ccc(Cl)cc1)cnn2[C@@H]1O[C@H](CO)[C@@H](O)[C@H]1O. The maximum atomic E-state index is 12.9. The van der Waals surface area contributed by atoms with Gasteiger partial charge in [-0.2, -0.15) is 14.9 Å². The second kappa shape index (κ2) is 6.45. The van der Waals surface area contributed by atoms with Gasteiger partial charge in [0.2, 0.25) is 0 Å². The molecule has 9 nitrogen and oxygen atoms in total. The lowest BCUT2D eigenvalue weighted by Crippen LogP contribution is -2.33.